The first kappa shape index (κ1) is 24.9. The molecule has 6 rings (SSSR count). The van der Waals surface area contributed by atoms with E-state index in [2.05, 4.69) is 41.0 Å². The summed E-state index contributed by atoms with van der Waals surface area (Å²) in [6, 6.07) is 28.8. The summed E-state index contributed by atoms with van der Waals surface area (Å²) in [4.78, 5) is 41.9. The number of carbonyl (C=O) groups is 3. The highest BCUT2D eigenvalue weighted by molar-refractivity contribution is 5.97. The normalized spacial score (nSPS) is 26.8. The van der Waals surface area contributed by atoms with Crippen molar-refractivity contribution in [2.45, 2.75) is 36.8 Å². The van der Waals surface area contributed by atoms with Crippen LogP contribution in [0.15, 0.2) is 84.9 Å². The number of nitriles is 1. The van der Waals surface area contributed by atoms with Crippen molar-refractivity contribution in [1.29, 1.82) is 5.26 Å². The molecule has 7 nitrogen and oxygen atoms in total. The maximum atomic E-state index is 13.5. The molecule has 2 saturated carbocycles. The zero-order valence-electron chi connectivity index (χ0n) is 21.5. The van der Waals surface area contributed by atoms with Gasteiger partial charge >= 0.3 is 0 Å². The van der Waals surface area contributed by atoms with Gasteiger partial charge in [0.25, 0.3) is 5.91 Å². The molecule has 0 radical (unpaired) electrons. The number of amides is 3. The third-order valence-electron chi connectivity index (χ3n) is 8.23. The summed E-state index contributed by atoms with van der Waals surface area (Å²) in [6.45, 7) is 0.358. The monoisotopic (exact) mass is 518 g/mol. The molecule has 3 aromatic rings. The first-order valence-corrected chi connectivity index (χ1v) is 13.5. The molecule has 1 heterocycles. The number of nitrogens with one attached hydrogen (secondary N) is 2. The lowest BCUT2D eigenvalue weighted by molar-refractivity contribution is -0.133. The maximum Gasteiger partial charge on any atom is 0.253 e. The Morgan fingerprint density at radius 1 is 0.692 bits per heavy atom. The first-order chi connectivity index (χ1) is 19.0. The van der Waals surface area contributed by atoms with E-state index in [1.807, 2.05) is 36.4 Å². The van der Waals surface area contributed by atoms with Crippen LogP contribution in [0.3, 0.4) is 0 Å². The fraction of sp³-hybridized carbons (Fsp3) is 0.312. The Hall–Kier alpha value is -4.44. The Kier molecular flexibility index (Phi) is 6.62. The van der Waals surface area contributed by atoms with E-state index in [0.717, 1.165) is 12.8 Å². The van der Waals surface area contributed by atoms with E-state index in [4.69, 9.17) is 5.26 Å². The fourth-order valence-corrected chi connectivity index (χ4v) is 5.80. The molecular formula is C32H30N4O3. The highest BCUT2D eigenvalue weighted by Crippen LogP contribution is 2.42. The van der Waals surface area contributed by atoms with Gasteiger partial charge in [0.05, 0.1) is 23.5 Å². The molecule has 1 aliphatic heterocycles. The van der Waals surface area contributed by atoms with E-state index in [1.165, 1.54) is 11.1 Å². The van der Waals surface area contributed by atoms with Gasteiger partial charge in [-0.25, -0.2) is 0 Å². The Balaban J connectivity index is 1.15. The van der Waals surface area contributed by atoms with Crippen LogP contribution in [-0.4, -0.2) is 47.8 Å². The van der Waals surface area contributed by atoms with Crippen LogP contribution < -0.4 is 10.6 Å². The van der Waals surface area contributed by atoms with Gasteiger partial charge in [0, 0.05) is 42.6 Å². The van der Waals surface area contributed by atoms with Crippen molar-refractivity contribution in [2.24, 2.45) is 11.8 Å². The number of nitrogens with zero attached hydrogens (tertiary/aromatic N) is 2. The van der Waals surface area contributed by atoms with Gasteiger partial charge in [-0.2, -0.15) is 5.26 Å². The Morgan fingerprint density at radius 2 is 1.15 bits per heavy atom. The van der Waals surface area contributed by atoms with E-state index in [-0.39, 0.29) is 54.7 Å². The van der Waals surface area contributed by atoms with Crippen LogP contribution in [0, 0.1) is 23.2 Å². The summed E-state index contributed by atoms with van der Waals surface area (Å²) >= 11 is 0. The summed E-state index contributed by atoms with van der Waals surface area (Å²) in [5.74, 6) is -1.30. The van der Waals surface area contributed by atoms with Crippen LogP contribution in [-0.2, 0) is 9.59 Å². The lowest BCUT2D eigenvalue weighted by Crippen LogP contribution is -2.43. The number of hydrogen-bond donors (Lipinski definition) is 2. The third kappa shape index (κ3) is 5.28. The van der Waals surface area contributed by atoms with Crippen LogP contribution in [0.25, 0.3) is 0 Å². The molecule has 3 fully saturated rings. The smallest absolute Gasteiger partial charge is 0.253 e. The summed E-state index contributed by atoms with van der Waals surface area (Å²) in [7, 11) is 0. The minimum atomic E-state index is -0.627. The number of likely N-dealkylation sites (tertiary alicyclic amines) is 1. The second kappa shape index (κ2) is 10.4. The van der Waals surface area contributed by atoms with Crippen LogP contribution in [0.4, 0.5) is 0 Å². The molecular weight excluding hydrogens is 488 g/mol. The van der Waals surface area contributed by atoms with Crippen molar-refractivity contribution >= 4 is 17.7 Å². The van der Waals surface area contributed by atoms with Crippen LogP contribution in [0.1, 0.15) is 51.7 Å². The minimum Gasteiger partial charge on any atom is -0.352 e. The summed E-state index contributed by atoms with van der Waals surface area (Å²) in [6.07, 6.45) is 1.74. The molecule has 3 aliphatic rings. The minimum absolute atomic E-state index is 0.0396. The van der Waals surface area contributed by atoms with Gasteiger partial charge < -0.3 is 15.5 Å². The Labute approximate surface area is 227 Å². The van der Waals surface area contributed by atoms with E-state index in [0.29, 0.717) is 11.1 Å². The molecule has 0 bridgehead atoms. The standard InChI is InChI=1S/C32H30N4O3/c33-17-20-11-13-23(14-12-20)32(39)36-18-26(30(37)34-28-15-24(28)21-7-3-1-4-8-21)27(19-36)31(38)35-29-16-25(29)22-9-5-2-6-10-22/h1-14,24-29H,15-16,18-19H2,(H,34,37)(H,35,38)/t24-,25-,26-,27-,28+,29+/m1/s1. The molecule has 39 heavy (non-hydrogen) atoms. The average molecular weight is 519 g/mol. The van der Waals surface area contributed by atoms with E-state index >= 15 is 0 Å². The van der Waals surface area contributed by atoms with E-state index in [9.17, 15) is 14.4 Å². The van der Waals surface area contributed by atoms with Crippen molar-refractivity contribution in [1.82, 2.24) is 15.5 Å². The quantitative estimate of drug-likeness (QED) is 0.499. The van der Waals surface area contributed by atoms with Gasteiger partial charge in [0.15, 0.2) is 0 Å². The zero-order chi connectivity index (χ0) is 26.9. The largest absolute Gasteiger partial charge is 0.352 e. The van der Waals surface area contributed by atoms with Gasteiger partial charge in [-0.15, -0.1) is 0 Å². The summed E-state index contributed by atoms with van der Waals surface area (Å²) in [5.41, 5.74) is 3.30. The summed E-state index contributed by atoms with van der Waals surface area (Å²) < 4.78 is 0. The third-order valence-corrected chi connectivity index (χ3v) is 8.23. The molecule has 3 amide bonds. The molecule has 2 N–H and O–H groups in total. The van der Waals surface area contributed by atoms with Crippen molar-refractivity contribution in [3.63, 3.8) is 0 Å². The van der Waals surface area contributed by atoms with E-state index in [1.54, 1.807) is 29.2 Å². The van der Waals surface area contributed by atoms with Crippen molar-refractivity contribution in [2.75, 3.05) is 13.1 Å². The lowest BCUT2D eigenvalue weighted by atomic mass is 9.94. The molecule has 0 aromatic heterocycles. The number of benzene rings is 3. The molecule has 0 unspecified atom stereocenters. The van der Waals surface area contributed by atoms with Gasteiger partial charge in [-0.1, -0.05) is 60.7 Å². The number of carbonyl (C=O) groups excluding carboxylic acids is 3. The van der Waals surface area contributed by atoms with E-state index < -0.39 is 11.8 Å². The predicted octanol–water partition coefficient (Wildman–Crippen LogP) is 3.59. The first-order valence-electron chi connectivity index (χ1n) is 13.5. The van der Waals surface area contributed by atoms with Gasteiger partial charge in [0.1, 0.15) is 0 Å². The summed E-state index contributed by atoms with van der Waals surface area (Å²) in [5, 5.41) is 15.4. The van der Waals surface area contributed by atoms with Gasteiger partial charge in [0.2, 0.25) is 11.8 Å². The molecule has 6 atom stereocenters. The highest BCUT2D eigenvalue weighted by Gasteiger charge is 2.48. The van der Waals surface area contributed by atoms with Gasteiger partial charge in [-0.05, 0) is 48.2 Å². The Morgan fingerprint density at radius 3 is 1.59 bits per heavy atom. The second-order valence-electron chi connectivity index (χ2n) is 10.8. The van der Waals surface area contributed by atoms with Crippen molar-refractivity contribution < 1.29 is 14.4 Å². The maximum absolute atomic E-state index is 13.5. The van der Waals surface area contributed by atoms with Crippen molar-refractivity contribution in [3.8, 4) is 6.07 Å². The number of rotatable bonds is 7. The molecule has 1 saturated heterocycles. The SMILES string of the molecule is N#Cc1ccc(C(=O)N2C[C@@H](C(=O)N[C@H]3C[C@@H]3c3ccccc3)[C@H](C(=O)N[C@H]3C[C@@H]3c3ccccc3)C2)cc1. The van der Waals surface area contributed by atoms with Gasteiger partial charge in [-0.3, -0.25) is 14.4 Å². The second-order valence-corrected chi connectivity index (χ2v) is 10.8. The number of hydrogen-bond acceptors (Lipinski definition) is 4. The molecule has 2 aliphatic carbocycles. The average Bonchev–Trinajstić information content (AvgIpc) is 3.88. The lowest BCUT2D eigenvalue weighted by Gasteiger charge is -2.18. The Bertz CT molecular complexity index is 1340. The molecule has 3 aromatic carbocycles. The molecule has 7 heteroatoms. The van der Waals surface area contributed by atoms with Crippen molar-refractivity contribution in [3.05, 3.63) is 107 Å². The molecule has 0 spiro atoms. The van der Waals surface area contributed by atoms with Crippen LogP contribution in [0.5, 0.6) is 0 Å². The predicted molar refractivity (Wildman–Crippen MR) is 146 cm³/mol. The van der Waals surface area contributed by atoms with Crippen LogP contribution >= 0.6 is 0 Å². The zero-order valence-corrected chi connectivity index (χ0v) is 21.5. The highest BCUT2D eigenvalue weighted by atomic mass is 16.2. The fourth-order valence-electron chi connectivity index (χ4n) is 5.80. The van der Waals surface area contributed by atoms with Crippen LogP contribution in [0.2, 0.25) is 0 Å². The molecule has 196 valence electrons. The topological polar surface area (TPSA) is 102 Å².